The average Bonchev–Trinajstić information content (AvgIpc) is 3.18. The molecule has 3 aromatic rings. The lowest BCUT2D eigenvalue weighted by atomic mass is 10.1. The minimum Gasteiger partial charge on any atom is -0.346 e. The molecule has 1 unspecified atom stereocenters. The summed E-state index contributed by atoms with van der Waals surface area (Å²) in [4.78, 5) is 13.0. The molecule has 0 spiro atoms. The number of anilines is 1. The van der Waals surface area contributed by atoms with Crippen molar-refractivity contribution >= 4 is 21.6 Å². The number of nitrogens with one attached hydrogen (secondary N) is 1. The fourth-order valence-corrected chi connectivity index (χ4v) is 5.21. The summed E-state index contributed by atoms with van der Waals surface area (Å²) >= 11 is 0. The predicted octanol–water partition coefficient (Wildman–Crippen LogP) is 4.24. The Balaban J connectivity index is 1.55. The van der Waals surface area contributed by atoms with E-state index in [1.807, 2.05) is 44.2 Å². The smallest absolute Gasteiger partial charge is 0.264 e. The van der Waals surface area contributed by atoms with Crippen molar-refractivity contribution in [2.45, 2.75) is 31.2 Å². The highest BCUT2D eigenvalue weighted by atomic mass is 32.2. The van der Waals surface area contributed by atoms with Gasteiger partial charge < -0.3 is 5.32 Å². The normalized spacial score (nSPS) is 14.3. The van der Waals surface area contributed by atoms with Crippen LogP contribution in [0.3, 0.4) is 0 Å². The molecule has 1 amide bonds. The second-order valence-corrected chi connectivity index (χ2v) is 9.45. The molecule has 0 radical (unpaired) electrons. The van der Waals surface area contributed by atoms with Crippen molar-refractivity contribution in [1.82, 2.24) is 5.32 Å². The van der Waals surface area contributed by atoms with Crippen LogP contribution >= 0.6 is 0 Å². The lowest BCUT2D eigenvalue weighted by Crippen LogP contribution is -2.29. The van der Waals surface area contributed by atoms with Crippen LogP contribution in [0.2, 0.25) is 0 Å². The van der Waals surface area contributed by atoms with Gasteiger partial charge in [-0.25, -0.2) is 8.42 Å². The van der Waals surface area contributed by atoms with E-state index >= 15 is 0 Å². The molecule has 1 aliphatic rings. The molecular weight excluding hydrogens is 396 g/mol. The number of hydrogen-bond acceptors (Lipinski definition) is 3. The third-order valence-corrected chi connectivity index (χ3v) is 7.28. The van der Waals surface area contributed by atoms with Gasteiger partial charge in [-0.3, -0.25) is 9.10 Å². The van der Waals surface area contributed by atoms with E-state index < -0.39 is 10.0 Å². The van der Waals surface area contributed by atoms with Gasteiger partial charge in [0.25, 0.3) is 15.9 Å². The van der Waals surface area contributed by atoms with Crippen LogP contribution in [0.1, 0.15) is 40.0 Å². The summed E-state index contributed by atoms with van der Waals surface area (Å²) in [6.07, 6.45) is 0.579. The van der Waals surface area contributed by atoms with Crippen LogP contribution in [-0.4, -0.2) is 20.9 Å². The van der Waals surface area contributed by atoms with E-state index in [0.29, 0.717) is 24.2 Å². The highest BCUT2D eigenvalue weighted by Crippen LogP contribution is 2.33. The standard InChI is InChI=1S/C24H24N2O3S/c1-17-8-11-22(12-9-17)30(28,29)26-15-14-20-16-21(10-13-23(20)26)24(27)25-18(2)19-6-4-3-5-7-19/h3-13,16,18H,14-15H2,1-2H3,(H,25,27). The van der Waals surface area contributed by atoms with Gasteiger partial charge in [-0.15, -0.1) is 0 Å². The SMILES string of the molecule is Cc1ccc(S(=O)(=O)N2CCc3cc(C(=O)NC(C)c4ccccc4)ccc32)cc1. The number of carbonyl (C=O) groups is 1. The van der Waals surface area contributed by atoms with Crippen molar-refractivity contribution in [2.75, 3.05) is 10.8 Å². The van der Waals surface area contributed by atoms with E-state index in [2.05, 4.69) is 5.32 Å². The Labute approximate surface area is 177 Å². The maximum absolute atomic E-state index is 13.1. The molecule has 4 rings (SSSR count). The van der Waals surface area contributed by atoms with Crippen molar-refractivity contribution in [3.8, 4) is 0 Å². The molecule has 30 heavy (non-hydrogen) atoms. The van der Waals surface area contributed by atoms with Gasteiger partial charge in [0, 0.05) is 12.1 Å². The van der Waals surface area contributed by atoms with Gasteiger partial charge >= 0.3 is 0 Å². The Morgan fingerprint density at radius 2 is 1.70 bits per heavy atom. The lowest BCUT2D eigenvalue weighted by Gasteiger charge is -2.20. The summed E-state index contributed by atoms with van der Waals surface area (Å²) in [5.41, 5.74) is 4.08. The largest absolute Gasteiger partial charge is 0.346 e. The van der Waals surface area contributed by atoms with Crippen LogP contribution in [0.4, 0.5) is 5.69 Å². The maximum Gasteiger partial charge on any atom is 0.264 e. The predicted molar refractivity (Wildman–Crippen MR) is 118 cm³/mol. The summed E-state index contributed by atoms with van der Waals surface area (Å²) in [5, 5.41) is 3.01. The zero-order valence-electron chi connectivity index (χ0n) is 17.0. The molecule has 5 nitrogen and oxygen atoms in total. The second kappa shape index (κ2) is 7.95. The summed E-state index contributed by atoms with van der Waals surface area (Å²) in [6.45, 7) is 4.24. The molecule has 1 heterocycles. The fourth-order valence-electron chi connectivity index (χ4n) is 3.70. The first-order valence-electron chi connectivity index (χ1n) is 9.94. The number of nitrogens with zero attached hydrogens (tertiary/aromatic N) is 1. The molecule has 0 fully saturated rings. The minimum absolute atomic E-state index is 0.120. The average molecular weight is 421 g/mol. The van der Waals surface area contributed by atoms with E-state index in [0.717, 1.165) is 16.7 Å². The Morgan fingerprint density at radius 3 is 2.40 bits per heavy atom. The number of amides is 1. The van der Waals surface area contributed by atoms with E-state index in [1.54, 1.807) is 42.5 Å². The van der Waals surface area contributed by atoms with Crippen molar-refractivity contribution in [2.24, 2.45) is 0 Å². The molecule has 6 heteroatoms. The minimum atomic E-state index is -3.62. The van der Waals surface area contributed by atoms with Crippen molar-refractivity contribution in [1.29, 1.82) is 0 Å². The van der Waals surface area contributed by atoms with Crippen LogP contribution in [0, 0.1) is 6.92 Å². The quantitative estimate of drug-likeness (QED) is 0.671. The summed E-state index contributed by atoms with van der Waals surface area (Å²) in [7, 11) is -3.62. The van der Waals surface area contributed by atoms with Crippen LogP contribution in [0.15, 0.2) is 77.7 Å². The Morgan fingerprint density at radius 1 is 1.00 bits per heavy atom. The molecule has 0 saturated heterocycles. The van der Waals surface area contributed by atoms with Gasteiger partial charge in [0.2, 0.25) is 0 Å². The van der Waals surface area contributed by atoms with Gasteiger partial charge in [0.15, 0.2) is 0 Å². The maximum atomic E-state index is 13.1. The van der Waals surface area contributed by atoms with Gasteiger partial charge in [-0.2, -0.15) is 0 Å². The number of carbonyl (C=O) groups excluding carboxylic acids is 1. The number of benzene rings is 3. The first-order chi connectivity index (χ1) is 14.4. The van der Waals surface area contributed by atoms with Gasteiger partial charge in [-0.05, 0) is 61.7 Å². The first kappa shape index (κ1) is 20.2. The first-order valence-corrected chi connectivity index (χ1v) is 11.4. The molecule has 0 saturated carbocycles. The molecule has 3 aromatic carbocycles. The zero-order valence-corrected chi connectivity index (χ0v) is 17.8. The topological polar surface area (TPSA) is 66.5 Å². The Hall–Kier alpha value is -3.12. The molecule has 0 aliphatic carbocycles. The Kier molecular flexibility index (Phi) is 5.35. The summed E-state index contributed by atoms with van der Waals surface area (Å²) in [6, 6.07) is 21.7. The summed E-state index contributed by atoms with van der Waals surface area (Å²) in [5.74, 6) is -0.172. The monoisotopic (exact) mass is 420 g/mol. The van der Waals surface area contributed by atoms with Crippen molar-refractivity contribution in [3.63, 3.8) is 0 Å². The number of hydrogen-bond donors (Lipinski definition) is 1. The third-order valence-electron chi connectivity index (χ3n) is 5.45. The summed E-state index contributed by atoms with van der Waals surface area (Å²) < 4.78 is 27.6. The Bertz CT molecular complexity index is 1170. The van der Waals surface area contributed by atoms with Crippen LogP contribution in [0.25, 0.3) is 0 Å². The van der Waals surface area contributed by atoms with Crippen molar-refractivity contribution < 1.29 is 13.2 Å². The second-order valence-electron chi connectivity index (χ2n) is 7.59. The molecule has 0 aromatic heterocycles. The molecule has 1 atom stereocenters. The van der Waals surface area contributed by atoms with Crippen LogP contribution in [0.5, 0.6) is 0 Å². The fraction of sp³-hybridized carbons (Fsp3) is 0.208. The van der Waals surface area contributed by atoms with E-state index in [9.17, 15) is 13.2 Å². The highest BCUT2D eigenvalue weighted by Gasteiger charge is 2.31. The molecule has 154 valence electrons. The number of fused-ring (bicyclic) bond motifs is 1. The van der Waals surface area contributed by atoms with E-state index in [1.165, 1.54) is 4.31 Å². The number of sulfonamides is 1. The zero-order chi connectivity index (χ0) is 21.3. The highest BCUT2D eigenvalue weighted by molar-refractivity contribution is 7.92. The molecular formula is C24H24N2O3S. The van der Waals surface area contributed by atoms with Crippen LogP contribution in [-0.2, 0) is 16.4 Å². The van der Waals surface area contributed by atoms with Gasteiger partial charge in [-0.1, -0.05) is 48.0 Å². The molecule has 0 bridgehead atoms. The van der Waals surface area contributed by atoms with Gasteiger partial charge in [0.1, 0.15) is 0 Å². The lowest BCUT2D eigenvalue weighted by molar-refractivity contribution is 0.0940. The van der Waals surface area contributed by atoms with Crippen LogP contribution < -0.4 is 9.62 Å². The molecule has 1 aliphatic heterocycles. The number of aryl methyl sites for hydroxylation is 1. The van der Waals surface area contributed by atoms with Crippen molar-refractivity contribution in [3.05, 3.63) is 95.1 Å². The third kappa shape index (κ3) is 3.83. The van der Waals surface area contributed by atoms with E-state index in [4.69, 9.17) is 0 Å². The number of rotatable bonds is 5. The van der Waals surface area contributed by atoms with E-state index in [-0.39, 0.29) is 16.8 Å². The van der Waals surface area contributed by atoms with Gasteiger partial charge in [0.05, 0.1) is 16.6 Å². The molecule has 1 N–H and O–H groups in total.